The lowest BCUT2D eigenvalue weighted by Gasteiger charge is -2.22. The SMILES string of the molecule is NCCCN(c1cc2n[nH]c(=O)n2cn1)C1CC1. The van der Waals surface area contributed by atoms with Crippen molar-refractivity contribution in [3.8, 4) is 0 Å². The maximum absolute atomic E-state index is 11.4. The van der Waals surface area contributed by atoms with Gasteiger partial charge in [-0.2, -0.15) is 5.10 Å². The summed E-state index contributed by atoms with van der Waals surface area (Å²) in [7, 11) is 0. The molecule has 1 aliphatic carbocycles. The molecule has 1 aliphatic rings. The Kier molecular flexibility index (Phi) is 2.75. The fraction of sp³-hybridized carbons (Fsp3) is 0.545. The monoisotopic (exact) mass is 248 g/mol. The van der Waals surface area contributed by atoms with Crippen molar-refractivity contribution in [2.24, 2.45) is 5.73 Å². The number of nitrogens with one attached hydrogen (secondary N) is 1. The van der Waals surface area contributed by atoms with Crippen LogP contribution in [0.1, 0.15) is 19.3 Å². The minimum absolute atomic E-state index is 0.260. The number of H-pyrrole nitrogens is 1. The fourth-order valence-corrected chi connectivity index (χ4v) is 2.09. The highest BCUT2D eigenvalue weighted by molar-refractivity contribution is 5.51. The van der Waals surface area contributed by atoms with E-state index in [1.807, 2.05) is 6.07 Å². The van der Waals surface area contributed by atoms with Crippen LogP contribution in [0.15, 0.2) is 17.2 Å². The molecule has 0 aliphatic heterocycles. The molecule has 7 nitrogen and oxygen atoms in total. The summed E-state index contributed by atoms with van der Waals surface area (Å²) < 4.78 is 1.40. The first-order valence-corrected chi connectivity index (χ1v) is 6.19. The van der Waals surface area contributed by atoms with E-state index in [-0.39, 0.29) is 5.69 Å². The number of fused-ring (bicyclic) bond motifs is 1. The highest BCUT2D eigenvalue weighted by atomic mass is 16.1. The third kappa shape index (κ3) is 1.97. The van der Waals surface area contributed by atoms with E-state index in [9.17, 15) is 4.79 Å². The van der Waals surface area contributed by atoms with Crippen molar-refractivity contribution in [2.75, 3.05) is 18.0 Å². The first-order valence-electron chi connectivity index (χ1n) is 6.19. The third-order valence-corrected chi connectivity index (χ3v) is 3.18. The van der Waals surface area contributed by atoms with E-state index in [0.717, 1.165) is 18.8 Å². The minimum atomic E-state index is -0.260. The van der Waals surface area contributed by atoms with Crippen LogP contribution in [-0.2, 0) is 0 Å². The molecule has 0 atom stereocenters. The molecule has 1 fully saturated rings. The van der Waals surface area contributed by atoms with Crippen LogP contribution in [0.3, 0.4) is 0 Å². The van der Waals surface area contributed by atoms with Crippen molar-refractivity contribution < 1.29 is 0 Å². The summed E-state index contributed by atoms with van der Waals surface area (Å²) in [4.78, 5) is 18.0. The Morgan fingerprint density at radius 2 is 2.39 bits per heavy atom. The van der Waals surface area contributed by atoms with E-state index in [0.29, 0.717) is 18.2 Å². The molecule has 1 saturated carbocycles. The van der Waals surface area contributed by atoms with Gasteiger partial charge in [0.25, 0.3) is 0 Å². The van der Waals surface area contributed by atoms with Gasteiger partial charge >= 0.3 is 5.69 Å². The molecule has 0 amide bonds. The van der Waals surface area contributed by atoms with Gasteiger partial charge in [0, 0.05) is 18.7 Å². The molecule has 0 aromatic carbocycles. The van der Waals surface area contributed by atoms with Gasteiger partial charge in [-0.25, -0.2) is 19.3 Å². The van der Waals surface area contributed by atoms with Gasteiger partial charge in [0.2, 0.25) is 0 Å². The zero-order chi connectivity index (χ0) is 12.5. The molecule has 0 radical (unpaired) electrons. The number of nitrogens with two attached hydrogens (primary N) is 1. The molecule has 2 heterocycles. The Hall–Kier alpha value is -1.89. The zero-order valence-corrected chi connectivity index (χ0v) is 10.0. The molecule has 2 aromatic rings. The predicted molar refractivity (Wildman–Crippen MR) is 67.6 cm³/mol. The van der Waals surface area contributed by atoms with E-state index in [2.05, 4.69) is 20.1 Å². The Labute approximate surface area is 104 Å². The largest absolute Gasteiger partial charge is 0.353 e. The van der Waals surface area contributed by atoms with E-state index in [1.54, 1.807) is 0 Å². The molecule has 0 bridgehead atoms. The zero-order valence-electron chi connectivity index (χ0n) is 10.0. The van der Waals surface area contributed by atoms with Crippen LogP contribution >= 0.6 is 0 Å². The summed E-state index contributed by atoms with van der Waals surface area (Å²) in [5.74, 6) is 0.873. The van der Waals surface area contributed by atoms with Gasteiger partial charge in [-0.05, 0) is 25.8 Å². The van der Waals surface area contributed by atoms with Crippen LogP contribution in [0, 0.1) is 0 Å². The lowest BCUT2D eigenvalue weighted by Crippen LogP contribution is -2.29. The quantitative estimate of drug-likeness (QED) is 0.760. The highest BCUT2D eigenvalue weighted by Gasteiger charge is 2.29. The van der Waals surface area contributed by atoms with E-state index in [4.69, 9.17) is 5.73 Å². The Bertz CT molecular complexity index is 599. The Morgan fingerprint density at radius 1 is 1.56 bits per heavy atom. The molecule has 0 saturated heterocycles. The van der Waals surface area contributed by atoms with E-state index < -0.39 is 0 Å². The Morgan fingerprint density at radius 3 is 3.11 bits per heavy atom. The Balaban J connectivity index is 1.93. The maximum atomic E-state index is 11.4. The van der Waals surface area contributed by atoms with Gasteiger partial charge in [-0.1, -0.05) is 0 Å². The number of hydrogen-bond acceptors (Lipinski definition) is 5. The number of anilines is 1. The van der Waals surface area contributed by atoms with Crippen LogP contribution in [0.25, 0.3) is 5.65 Å². The van der Waals surface area contributed by atoms with Gasteiger partial charge in [0.1, 0.15) is 12.1 Å². The second-order valence-corrected chi connectivity index (χ2v) is 4.57. The summed E-state index contributed by atoms with van der Waals surface area (Å²) in [6, 6.07) is 2.41. The normalized spacial score (nSPS) is 15.2. The van der Waals surface area contributed by atoms with Crippen LogP contribution in [0.4, 0.5) is 5.82 Å². The third-order valence-electron chi connectivity index (χ3n) is 3.18. The van der Waals surface area contributed by atoms with Gasteiger partial charge in [-0.3, -0.25) is 0 Å². The van der Waals surface area contributed by atoms with Crippen molar-refractivity contribution in [1.82, 2.24) is 19.6 Å². The van der Waals surface area contributed by atoms with Gasteiger partial charge in [-0.15, -0.1) is 0 Å². The van der Waals surface area contributed by atoms with Crippen molar-refractivity contribution in [2.45, 2.75) is 25.3 Å². The van der Waals surface area contributed by atoms with Gasteiger partial charge in [0.05, 0.1) is 0 Å². The molecule has 0 spiro atoms. The van der Waals surface area contributed by atoms with Crippen molar-refractivity contribution in [3.63, 3.8) is 0 Å². The molecular weight excluding hydrogens is 232 g/mol. The first kappa shape index (κ1) is 11.2. The molecule has 7 heteroatoms. The minimum Gasteiger partial charge on any atom is -0.353 e. The average molecular weight is 248 g/mol. The molecular formula is C11H16N6O. The predicted octanol–water partition coefficient (Wildman–Crippen LogP) is -0.265. The van der Waals surface area contributed by atoms with Crippen LogP contribution < -0.4 is 16.3 Å². The second kappa shape index (κ2) is 4.41. The number of rotatable bonds is 5. The van der Waals surface area contributed by atoms with Crippen LogP contribution in [0.5, 0.6) is 0 Å². The number of aromatic amines is 1. The van der Waals surface area contributed by atoms with E-state index in [1.165, 1.54) is 23.6 Å². The van der Waals surface area contributed by atoms with Crippen molar-refractivity contribution >= 4 is 11.5 Å². The second-order valence-electron chi connectivity index (χ2n) is 4.57. The fourth-order valence-electron chi connectivity index (χ4n) is 2.09. The maximum Gasteiger partial charge on any atom is 0.348 e. The summed E-state index contributed by atoms with van der Waals surface area (Å²) in [6.07, 6.45) is 4.86. The molecule has 18 heavy (non-hydrogen) atoms. The van der Waals surface area contributed by atoms with Crippen molar-refractivity contribution in [1.29, 1.82) is 0 Å². The summed E-state index contributed by atoms with van der Waals surface area (Å²) >= 11 is 0. The van der Waals surface area contributed by atoms with Gasteiger partial charge < -0.3 is 10.6 Å². The topological polar surface area (TPSA) is 92.3 Å². The van der Waals surface area contributed by atoms with Crippen LogP contribution in [-0.4, -0.2) is 38.7 Å². The lowest BCUT2D eigenvalue weighted by molar-refractivity contribution is 0.721. The molecule has 2 aromatic heterocycles. The first-order chi connectivity index (χ1) is 8.79. The molecule has 3 rings (SSSR count). The van der Waals surface area contributed by atoms with E-state index >= 15 is 0 Å². The molecule has 3 N–H and O–H groups in total. The van der Waals surface area contributed by atoms with Gasteiger partial charge in [0.15, 0.2) is 5.65 Å². The lowest BCUT2D eigenvalue weighted by atomic mass is 10.3. The number of aromatic nitrogens is 4. The average Bonchev–Trinajstić information content (AvgIpc) is 3.15. The van der Waals surface area contributed by atoms with Crippen LogP contribution in [0.2, 0.25) is 0 Å². The molecule has 0 unspecified atom stereocenters. The standard InChI is InChI=1S/C11H16N6O/c12-4-1-5-16(8-2-3-8)9-6-10-14-15-11(18)17(10)7-13-9/h6-8H,1-5,12H2,(H,15,18). The smallest absolute Gasteiger partial charge is 0.348 e. The summed E-state index contributed by atoms with van der Waals surface area (Å²) in [5, 5.41) is 6.37. The summed E-state index contributed by atoms with van der Waals surface area (Å²) in [6.45, 7) is 1.58. The highest BCUT2D eigenvalue weighted by Crippen LogP contribution is 2.30. The van der Waals surface area contributed by atoms with Crippen molar-refractivity contribution in [3.05, 3.63) is 22.9 Å². The molecule has 96 valence electrons. The number of nitrogens with zero attached hydrogens (tertiary/aromatic N) is 4. The summed E-state index contributed by atoms with van der Waals surface area (Å²) in [5.41, 5.74) is 5.90. The number of hydrogen-bond donors (Lipinski definition) is 2.